The molecule has 0 atom stereocenters. The molecule has 2 heterocycles. The highest BCUT2D eigenvalue weighted by Crippen LogP contribution is 2.01. The van der Waals surface area contributed by atoms with E-state index in [0.29, 0.717) is 6.54 Å². The average Bonchev–Trinajstić information content (AvgIpc) is 2.53. The number of nitrogens with one attached hydrogen (secondary N) is 3. The van der Waals surface area contributed by atoms with Gasteiger partial charge in [0.15, 0.2) is 0 Å². The predicted molar refractivity (Wildman–Crippen MR) is 51.7 cm³/mol. The molecule has 5 heteroatoms. The van der Waals surface area contributed by atoms with Crippen molar-refractivity contribution in [2.75, 3.05) is 19.6 Å². The standard InChI is InChI=1S/C9H14N4O/c14-9(7-3-10-4-7)12-2-1-8-5-11-6-13-8/h5-7,10H,1-4H2,(H,11,13)(H,12,14). The molecule has 14 heavy (non-hydrogen) atoms. The smallest absolute Gasteiger partial charge is 0.225 e. The van der Waals surface area contributed by atoms with Crippen LogP contribution in [0.4, 0.5) is 0 Å². The van der Waals surface area contributed by atoms with Crippen LogP contribution in [0.25, 0.3) is 0 Å². The summed E-state index contributed by atoms with van der Waals surface area (Å²) in [5.41, 5.74) is 1.05. The number of carbonyl (C=O) groups excluding carboxylic acids is 1. The zero-order valence-electron chi connectivity index (χ0n) is 7.92. The summed E-state index contributed by atoms with van der Waals surface area (Å²) in [6.45, 7) is 2.31. The van der Waals surface area contributed by atoms with Gasteiger partial charge in [-0.05, 0) is 0 Å². The van der Waals surface area contributed by atoms with Gasteiger partial charge in [-0.1, -0.05) is 0 Å². The van der Waals surface area contributed by atoms with Gasteiger partial charge in [0, 0.05) is 37.9 Å². The largest absolute Gasteiger partial charge is 0.355 e. The van der Waals surface area contributed by atoms with Gasteiger partial charge in [0.1, 0.15) is 0 Å². The van der Waals surface area contributed by atoms with E-state index in [2.05, 4.69) is 20.6 Å². The molecule has 1 aromatic rings. The van der Waals surface area contributed by atoms with E-state index in [1.54, 1.807) is 12.5 Å². The molecular formula is C9H14N4O. The van der Waals surface area contributed by atoms with Crippen LogP contribution in [0.2, 0.25) is 0 Å². The lowest BCUT2D eigenvalue weighted by Gasteiger charge is -2.25. The number of hydrogen-bond acceptors (Lipinski definition) is 3. The highest BCUT2D eigenvalue weighted by molar-refractivity contribution is 5.79. The van der Waals surface area contributed by atoms with E-state index in [-0.39, 0.29) is 11.8 Å². The Morgan fingerprint density at radius 1 is 1.64 bits per heavy atom. The highest BCUT2D eigenvalue weighted by atomic mass is 16.2. The molecule has 1 amide bonds. The molecule has 5 nitrogen and oxygen atoms in total. The van der Waals surface area contributed by atoms with Crippen molar-refractivity contribution in [3.05, 3.63) is 18.2 Å². The molecule has 0 spiro atoms. The Morgan fingerprint density at radius 2 is 2.50 bits per heavy atom. The van der Waals surface area contributed by atoms with Crippen LogP contribution in [0.1, 0.15) is 5.69 Å². The first-order valence-electron chi connectivity index (χ1n) is 4.82. The van der Waals surface area contributed by atoms with Crippen molar-refractivity contribution < 1.29 is 4.79 Å². The van der Waals surface area contributed by atoms with Crippen LogP contribution in [0.15, 0.2) is 12.5 Å². The molecule has 0 unspecified atom stereocenters. The lowest BCUT2D eigenvalue weighted by Crippen LogP contribution is -2.51. The maximum atomic E-state index is 11.4. The molecule has 0 aliphatic carbocycles. The van der Waals surface area contributed by atoms with Gasteiger partial charge < -0.3 is 15.6 Å². The lowest BCUT2D eigenvalue weighted by molar-refractivity contribution is -0.126. The van der Waals surface area contributed by atoms with Gasteiger partial charge in [0.25, 0.3) is 0 Å². The third-order valence-electron chi connectivity index (χ3n) is 2.40. The molecule has 2 rings (SSSR count). The number of carbonyl (C=O) groups is 1. The molecule has 0 radical (unpaired) electrons. The summed E-state index contributed by atoms with van der Waals surface area (Å²) in [6.07, 6.45) is 4.23. The number of aromatic nitrogens is 2. The molecule has 3 N–H and O–H groups in total. The third-order valence-corrected chi connectivity index (χ3v) is 2.40. The van der Waals surface area contributed by atoms with Gasteiger partial charge in [-0.25, -0.2) is 4.98 Å². The normalized spacial score (nSPS) is 16.3. The maximum Gasteiger partial charge on any atom is 0.225 e. The number of amides is 1. The summed E-state index contributed by atoms with van der Waals surface area (Å²) in [4.78, 5) is 18.3. The van der Waals surface area contributed by atoms with E-state index in [0.717, 1.165) is 25.2 Å². The van der Waals surface area contributed by atoms with E-state index in [9.17, 15) is 4.79 Å². The van der Waals surface area contributed by atoms with Crippen molar-refractivity contribution in [1.82, 2.24) is 20.6 Å². The number of nitrogens with zero attached hydrogens (tertiary/aromatic N) is 1. The zero-order chi connectivity index (χ0) is 9.80. The van der Waals surface area contributed by atoms with Gasteiger partial charge in [-0.15, -0.1) is 0 Å². The SMILES string of the molecule is O=C(NCCc1cnc[nH]1)C1CNC1. The first kappa shape index (κ1) is 9.21. The second-order valence-electron chi connectivity index (χ2n) is 3.47. The van der Waals surface area contributed by atoms with Crippen molar-refractivity contribution in [2.24, 2.45) is 5.92 Å². The minimum atomic E-state index is 0.156. The first-order valence-corrected chi connectivity index (χ1v) is 4.82. The maximum absolute atomic E-state index is 11.4. The van der Waals surface area contributed by atoms with E-state index < -0.39 is 0 Å². The Hall–Kier alpha value is -1.36. The summed E-state index contributed by atoms with van der Waals surface area (Å²) in [5, 5.41) is 5.97. The van der Waals surface area contributed by atoms with E-state index >= 15 is 0 Å². The molecule has 0 bridgehead atoms. The van der Waals surface area contributed by atoms with Crippen LogP contribution in [0.5, 0.6) is 0 Å². The fraction of sp³-hybridized carbons (Fsp3) is 0.556. The van der Waals surface area contributed by atoms with Crippen molar-refractivity contribution in [1.29, 1.82) is 0 Å². The topological polar surface area (TPSA) is 69.8 Å². The fourth-order valence-electron chi connectivity index (χ4n) is 1.36. The van der Waals surface area contributed by atoms with Crippen molar-refractivity contribution >= 4 is 5.91 Å². The second-order valence-corrected chi connectivity index (χ2v) is 3.47. The van der Waals surface area contributed by atoms with Gasteiger partial charge >= 0.3 is 0 Å². The van der Waals surface area contributed by atoms with E-state index in [1.807, 2.05) is 0 Å². The fourth-order valence-corrected chi connectivity index (χ4v) is 1.36. The molecule has 1 aliphatic rings. The Kier molecular flexibility index (Phi) is 2.78. The summed E-state index contributed by atoms with van der Waals surface area (Å²) in [6, 6.07) is 0. The minimum Gasteiger partial charge on any atom is -0.355 e. The Balaban J connectivity index is 1.65. The summed E-state index contributed by atoms with van der Waals surface area (Å²) in [5.74, 6) is 0.333. The second kappa shape index (κ2) is 4.23. The Bertz CT molecular complexity index is 292. The molecule has 1 aliphatic heterocycles. The summed E-state index contributed by atoms with van der Waals surface area (Å²) >= 11 is 0. The first-order chi connectivity index (χ1) is 6.86. The van der Waals surface area contributed by atoms with Gasteiger partial charge in [0.05, 0.1) is 12.2 Å². The van der Waals surface area contributed by atoms with Crippen LogP contribution >= 0.6 is 0 Å². The molecule has 1 aromatic heterocycles. The van der Waals surface area contributed by atoms with Gasteiger partial charge in [-0.2, -0.15) is 0 Å². The van der Waals surface area contributed by atoms with E-state index in [1.165, 1.54) is 0 Å². The van der Waals surface area contributed by atoms with E-state index in [4.69, 9.17) is 0 Å². The molecule has 1 saturated heterocycles. The molecule has 76 valence electrons. The van der Waals surface area contributed by atoms with Gasteiger partial charge in [0.2, 0.25) is 5.91 Å². The summed E-state index contributed by atoms with van der Waals surface area (Å²) in [7, 11) is 0. The molecule has 0 aromatic carbocycles. The third kappa shape index (κ3) is 2.11. The lowest BCUT2D eigenvalue weighted by atomic mass is 10.0. The van der Waals surface area contributed by atoms with Crippen LogP contribution in [0.3, 0.4) is 0 Å². The van der Waals surface area contributed by atoms with Crippen molar-refractivity contribution in [2.45, 2.75) is 6.42 Å². The molecule has 0 saturated carbocycles. The Labute approximate surface area is 82.3 Å². The van der Waals surface area contributed by atoms with Crippen LogP contribution in [-0.4, -0.2) is 35.5 Å². The zero-order valence-corrected chi connectivity index (χ0v) is 7.92. The molecular weight excluding hydrogens is 180 g/mol. The monoisotopic (exact) mass is 194 g/mol. The number of rotatable bonds is 4. The van der Waals surface area contributed by atoms with Crippen LogP contribution in [0, 0.1) is 5.92 Å². The van der Waals surface area contributed by atoms with Gasteiger partial charge in [-0.3, -0.25) is 4.79 Å². The minimum absolute atomic E-state index is 0.156. The number of imidazole rings is 1. The summed E-state index contributed by atoms with van der Waals surface area (Å²) < 4.78 is 0. The van der Waals surface area contributed by atoms with Crippen LogP contribution < -0.4 is 10.6 Å². The number of aromatic amines is 1. The molecule has 1 fully saturated rings. The van der Waals surface area contributed by atoms with Crippen LogP contribution in [-0.2, 0) is 11.2 Å². The van der Waals surface area contributed by atoms with Crippen molar-refractivity contribution in [3.63, 3.8) is 0 Å². The Morgan fingerprint density at radius 3 is 3.07 bits per heavy atom. The number of hydrogen-bond donors (Lipinski definition) is 3. The highest BCUT2D eigenvalue weighted by Gasteiger charge is 2.23. The quantitative estimate of drug-likeness (QED) is 0.593. The average molecular weight is 194 g/mol. The predicted octanol–water partition coefficient (Wildman–Crippen LogP) is -0.712. The number of H-pyrrole nitrogens is 1. The van der Waals surface area contributed by atoms with Crippen molar-refractivity contribution in [3.8, 4) is 0 Å².